The second-order valence-corrected chi connectivity index (χ2v) is 6.72. The van der Waals surface area contributed by atoms with Gasteiger partial charge in [0.05, 0.1) is 7.11 Å². The Bertz CT molecular complexity index is 694. The molecular formula is C18H24N2O6S. The maximum Gasteiger partial charge on any atom is 0.413 e. The average molecular weight is 396 g/mol. The minimum absolute atomic E-state index is 0.336. The predicted molar refractivity (Wildman–Crippen MR) is 102 cm³/mol. The molecule has 1 aromatic carbocycles. The van der Waals surface area contributed by atoms with Gasteiger partial charge in [-0.2, -0.15) is 11.8 Å². The van der Waals surface area contributed by atoms with E-state index in [1.807, 2.05) is 24.6 Å². The first-order chi connectivity index (χ1) is 12.8. The summed E-state index contributed by atoms with van der Waals surface area (Å²) in [6.45, 7) is 3.18. The second-order valence-electron chi connectivity index (χ2n) is 5.74. The molecule has 0 aliphatic heterocycles. The molecule has 0 fully saturated rings. The van der Waals surface area contributed by atoms with Crippen molar-refractivity contribution in [3.05, 3.63) is 35.4 Å². The molecule has 0 spiro atoms. The summed E-state index contributed by atoms with van der Waals surface area (Å²) in [6, 6.07) is 6.04. The lowest BCUT2D eigenvalue weighted by atomic mass is 10.1. The van der Waals surface area contributed by atoms with Crippen LogP contribution < -0.4 is 10.6 Å². The van der Waals surface area contributed by atoms with Gasteiger partial charge in [0.25, 0.3) is 11.8 Å². The molecule has 8 nitrogen and oxygen atoms in total. The Morgan fingerprint density at radius 3 is 2.52 bits per heavy atom. The van der Waals surface area contributed by atoms with Gasteiger partial charge in [-0.25, -0.2) is 9.59 Å². The normalized spacial score (nSPS) is 12.4. The Morgan fingerprint density at radius 2 is 1.93 bits per heavy atom. The molecule has 0 saturated carbocycles. The van der Waals surface area contributed by atoms with Crippen molar-refractivity contribution in [1.82, 2.24) is 10.6 Å². The molecule has 2 atom stereocenters. The highest BCUT2D eigenvalue weighted by Gasteiger charge is 2.27. The maximum absolute atomic E-state index is 12.4. The maximum atomic E-state index is 12.4. The van der Waals surface area contributed by atoms with Crippen molar-refractivity contribution in [1.29, 1.82) is 0 Å². The standard InChI is InChI=1S/C18H24N2O6S/c1-11-6-5-7-13(10-11)16(22)19-14(8-9-27-4)17(23)26-12(2)15(21)20-18(24)25-3/h5-7,10,12,14H,8-9H2,1-4H3,(H,19,22)(H,20,21,24)/t12-,14-/m0/s1. The molecule has 1 rings (SSSR count). The zero-order valence-electron chi connectivity index (χ0n) is 15.7. The highest BCUT2D eigenvalue weighted by molar-refractivity contribution is 7.98. The van der Waals surface area contributed by atoms with Crippen LogP contribution >= 0.6 is 11.8 Å². The second kappa shape index (κ2) is 11.2. The SMILES string of the molecule is COC(=O)NC(=O)[C@H](C)OC(=O)[C@H](CCSC)NC(=O)c1cccc(C)c1. The molecule has 3 amide bonds. The van der Waals surface area contributed by atoms with Gasteiger partial charge in [0.15, 0.2) is 6.10 Å². The molecule has 0 radical (unpaired) electrons. The van der Waals surface area contributed by atoms with Crippen LogP contribution in [0.3, 0.4) is 0 Å². The topological polar surface area (TPSA) is 111 Å². The fraction of sp³-hybridized carbons (Fsp3) is 0.444. The number of thioether (sulfide) groups is 1. The van der Waals surface area contributed by atoms with Gasteiger partial charge in [0.1, 0.15) is 6.04 Å². The number of carbonyl (C=O) groups is 4. The summed E-state index contributed by atoms with van der Waals surface area (Å²) in [4.78, 5) is 47.7. The molecule has 27 heavy (non-hydrogen) atoms. The third-order valence-electron chi connectivity index (χ3n) is 3.55. The predicted octanol–water partition coefficient (Wildman–Crippen LogP) is 1.66. The van der Waals surface area contributed by atoms with Crippen molar-refractivity contribution in [2.45, 2.75) is 32.4 Å². The van der Waals surface area contributed by atoms with Gasteiger partial charge in [-0.3, -0.25) is 14.9 Å². The first-order valence-corrected chi connectivity index (χ1v) is 9.63. The number of aryl methyl sites for hydroxylation is 1. The number of imide groups is 1. The molecular weight excluding hydrogens is 372 g/mol. The number of hydrogen-bond donors (Lipinski definition) is 2. The van der Waals surface area contributed by atoms with Crippen LogP contribution in [-0.4, -0.2) is 55.1 Å². The van der Waals surface area contributed by atoms with Gasteiger partial charge >= 0.3 is 12.1 Å². The van der Waals surface area contributed by atoms with Gasteiger partial charge in [-0.15, -0.1) is 0 Å². The van der Waals surface area contributed by atoms with Crippen LogP contribution in [-0.2, 0) is 19.1 Å². The highest BCUT2D eigenvalue weighted by Crippen LogP contribution is 2.08. The Hall–Kier alpha value is -2.55. The van der Waals surface area contributed by atoms with Crippen molar-refractivity contribution >= 4 is 35.6 Å². The van der Waals surface area contributed by atoms with Gasteiger partial charge in [-0.1, -0.05) is 17.7 Å². The van der Waals surface area contributed by atoms with E-state index in [1.54, 1.807) is 18.2 Å². The summed E-state index contributed by atoms with van der Waals surface area (Å²) < 4.78 is 9.41. The van der Waals surface area contributed by atoms with Crippen LogP contribution in [0.5, 0.6) is 0 Å². The lowest BCUT2D eigenvalue weighted by molar-refractivity contribution is -0.156. The quantitative estimate of drug-likeness (QED) is 0.643. The third kappa shape index (κ3) is 7.69. The van der Waals surface area contributed by atoms with Crippen LogP contribution in [0.2, 0.25) is 0 Å². The number of rotatable bonds is 8. The lowest BCUT2D eigenvalue weighted by Gasteiger charge is -2.20. The minimum Gasteiger partial charge on any atom is -0.453 e. The van der Waals surface area contributed by atoms with Gasteiger partial charge in [-0.05, 0) is 44.4 Å². The first-order valence-electron chi connectivity index (χ1n) is 8.24. The smallest absolute Gasteiger partial charge is 0.413 e. The number of alkyl carbamates (subject to hydrolysis) is 1. The van der Waals surface area contributed by atoms with Crippen LogP contribution in [0.1, 0.15) is 29.3 Å². The van der Waals surface area contributed by atoms with Crippen LogP contribution in [0.25, 0.3) is 0 Å². The molecule has 0 saturated heterocycles. The third-order valence-corrected chi connectivity index (χ3v) is 4.20. The Labute approximate surface area is 162 Å². The number of amides is 3. The number of hydrogen-bond acceptors (Lipinski definition) is 7. The van der Waals surface area contributed by atoms with Gasteiger partial charge < -0.3 is 14.8 Å². The van der Waals surface area contributed by atoms with E-state index in [4.69, 9.17) is 4.74 Å². The Morgan fingerprint density at radius 1 is 1.22 bits per heavy atom. The number of benzene rings is 1. The van der Waals surface area contributed by atoms with Crippen LogP contribution in [0.15, 0.2) is 24.3 Å². The van der Waals surface area contributed by atoms with Gasteiger partial charge in [0, 0.05) is 5.56 Å². The molecule has 9 heteroatoms. The van der Waals surface area contributed by atoms with Crippen molar-refractivity contribution < 1.29 is 28.7 Å². The summed E-state index contributed by atoms with van der Waals surface area (Å²) >= 11 is 1.51. The number of esters is 1. The Kier molecular flexibility index (Phi) is 9.35. The van der Waals surface area contributed by atoms with Crippen molar-refractivity contribution in [3.63, 3.8) is 0 Å². The fourth-order valence-corrected chi connectivity index (χ4v) is 2.55. The fourth-order valence-electron chi connectivity index (χ4n) is 2.08. The summed E-state index contributed by atoms with van der Waals surface area (Å²) in [5, 5.41) is 4.56. The monoisotopic (exact) mass is 396 g/mol. The molecule has 0 heterocycles. The van der Waals surface area contributed by atoms with Crippen molar-refractivity contribution in [2.24, 2.45) is 0 Å². The molecule has 0 aliphatic rings. The van der Waals surface area contributed by atoms with Crippen LogP contribution in [0.4, 0.5) is 4.79 Å². The molecule has 0 aliphatic carbocycles. The molecule has 0 aromatic heterocycles. The summed E-state index contributed by atoms with van der Waals surface area (Å²) in [6.07, 6.45) is 0.0407. The van der Waals surface area contributed by atoms with E-state index < -0.39 is 36.0 Å². The zero-order valence-corrected chi connectivity index (χ0v) is 16.6. The average Bonchev–Trinajstić information content (AvgIpc) is 2.64. The minimum atomic E-state index is -1.22. The van der Waals surface area contributed by atoms with E-state index in [1.165, 1.54) is 18.7 Å². The van der Waals surface area contributed by atoms with Crippen molar-refractivity contribution in [3.8, 4) is 0 Å². The van der Waals surface area contributed by atoms with E-state index >= 15 is 0 Å². The largest absolute Gasteiger partial charge is 0.453 e. The van der Waals surface area contributed by atoms with E-state index in [0.29, 0.717) is 17.7 Å². The summed E-state index contributed by atoms with van der Waals surface area (Å²) in [7, 11) is 1.11. The van der Waals surface area contributed by atoms with E-state index in [9.17, 15) is 19.2 Å². The molecule has 0 bridgehead atoms. The first kappa shape index (κ1) is 22.5. The molecule has 0 unspecified atom stereocenters. The number of methoxy groups -OCH3 is 1. The summed E-state index contributed by atoms with van der Waals surface area (Å²) in [5.74, 6) is -1.37. The highest BCUT2D eigenvalue weighted by atomic mass is 32.2. The molecule has 148 valence electrons. The van der Waals surface area contributed by atoms with E-state index in [-0.39, 0.29) is 0 Å². The molecule has 2 N–H and O–H groups in total. The zero-order chi connectivity index (χ0) is 20.4. The van der Waals surface area contributed by atoms with E-state index in [0.717, 1.165) is 12.7 Å². The molecule has 1 aromatic rings. The number of ether oxygens (including phenoxy) is 2. The van der Waals surface area contributed by atoms with Gasteiger partial charge in [0.2, 0.25) is 0 Å². The Balaban J connectivity index is 2.76. The van der Waals surface area contributed by atoms with Crippen molar-refractivity contribution in [2.75, 3.05) is 19.1 Å². The number of nitrogens with one attached hydrogen (secondary N) is 2. The van der Waals surface area contributed by atoms with E-state index in [2.05, 4.69) is 10.1 Å². The van der Waals surface area contributed by atoms with Crippen LogP contribution in [0, 0.1) is 6.92 Å². The lowest BCUT2D eigenvalue weighted by Crippen LogP contribution is -2.46. The summed E-state index contributed by atoms with van der Waals surface area (Å²) in [5.41, 5.74) is 1.34. The number of carbonyl (C=O) groups excluding carboxylic acids is 4.